The van der Waals surface area contributed by atoms with Crippen molar-refractivity contribution in [1.82, 2.24) is 5.32 Å². The van der Waals surface area contributed by atoms with Crippen molar-refractivity contribution < 1.29 is 28.9 Å². The number of aromatic carboxylic acids is 1. The molecule has 0 bridgehead atoms. The number of nitrogens with one attached hydrogen (secondary N) is 2. The predicted octanol–water partition coefficient (Wildman–Crippen LogP) is 6.88. The Morgan fingerprint density at radius 2 is 1.51 bits per heavy atom. The SMILES string of the molecule is COCCOCOc1ccc2cc(C(=O)NCc3cccc(-c4ccc(Nc5cccc(C(=O)O)c5)cc4)c3)ccc2c1. The van der Waals surface area contributed by atoms with Gasteiger partial charge in [0.15, 0.2) is 6.79 Å². The van der Waals surface area contributed by atoms with Crippen molar-refractivity contribution >= 4 is 34.0 Å². The minimum Gasteiger partial charge on any atom is -0.478 e. The number of hydrogen-bond acceptors (Lipinski definition) is 6. The van der Waals surface area contributed by atoms with E-state index < -0.39 is 5.97 Å². The largest absolute Gasteiger partial charge is 0.478 e. The first kappa shape index (κ1) is 29.3. The van der Waals surface area contributed by atoms with E-state index in [1.807, 2.05) is 78.9 Å². The Bertz CT molecular complexity index is 1720. The smallest absolute Gasteiger partial charge is 0.335 e. The number of amides is 1. The first-order valence-corrected chi connectivity index (χ1v) is 13.8. The summed E-state index contributed by atoms with van der Waals surface area (Å²) in [7, 11) is 1.62. The van der Waals surface area contributed by atoms with Crippen LogP contribution in [0.3, 0.4) is 0 Å². The number of hydrogen-bond donors (Lipinski definition) is 3. The maximum absolute atomic E-state index is 13.0. The van der Waals surface area contributed by atoms with Gasteiger partial charge in [-0.25, -0.2) is 4.79 Å². The summed E-state index contributed by atoms with van der Waals surface area (Å²) < 4.78 is 15.9. The van der Waals surface area contributed by atoms with Crippen molar-refractivity contribution in [3.05, 3.63) is 126 Å². The van der Waals surface area contributed by atoms with Crippen LogP contribution in [0.2, 0.25) is 0 Å². The topological polar surface area (TPSA) is 106 Å². The molecule has 0 atom stereocenters. The van der Waals surface area contributed by atoms with Gasteiger partial charge in [-0.1, -0.05) is 48.5 Å². The fraction of sp³-hybridized carbons (Fsp3) is 0.143. The lowest BCUT2D eigenvalue weighted by atomic mass is 10.0. The van der Waals surface area contributed by atoms with Crippen LogP contribution in [-0.2, 0) is 16.0 Å². The van der Waals surface area contributed by atoms with E-state index in [4.69, 9.17) is 14.2 Å². The van der Waals surface area contributed by atoms with Crippen molar-refractivity contribution in [2.45, 2.75) is 6.54 Å². The number of methoxy groups -OCH3 is 1. The molecule has 0 saturated carbocycles. The van der Waals surface area contributed by atoms with E-state index in [1.165, 1.54) is 0 Å². The molecule has 5 aromatic carbocycles. The molecule has 0 heterocycles. The third kappa shape index (κ3) is 7.97. The van der Waals surface area contributed by atoms with Crippen LogP contribution in [0.4, 0.5) is 11.4 Å². The molecule has 0 aliphatic rings. The second-order valence-electron chi connectivity index (χ2n) is 9.86. The summed E-state index contributed by atoms with van der Waals surface area (Å²) in [5.41, 5.74) is 5.39. The van der Waals surface area contributed by atoms with E-state index in [0.717, 1.165) is 33.2 Å². The normalized spacial score (nSPS) is 10.8. The molecular formula is C35H32N2O6. The number of carboxylic acids is 1. The molecule has 1 amide bonds. The third-order valence-electron chi connectivity index (χ3n) is 6.81. The van der Waals surface area contributed by atoms with Crippen LogP contribution in [0.1, 0.15) is 26.3 Å². The number of fused-ring (bicyclic) bond motifs is 1. The lowest BCUT2D eigenvalue weighted by molar-refractivity contribution is -0.00841. The van der Waals surface area contributed by atoms with E-state index in [-0.39, 0.29) is 18.3 Å². The maximum atomic E-state index is 13.0. The van der Waals surface area contributed by atoms with Gasteiger partial charge in [-0.2, -0.15) is 0 Å². The van der Waals surface area contributed by atoms with Gasteiger partial charge in [0.1, 0.15) is 5.75 Å². The van der Waals surface area contributed by atoms with Gasteiger partial charge >= 0.3 is 5.97 Å². The molecule has 0 fully saturated rings. The van der Waals surface area contributed by atoms with Gasteiger partial charge < -0.3 is 30.0 Å². The number of carbonyl (C=O) groups excluding carboxylic acids is 1. The highest BCUT2D eigenvalue weighted by Crippen LogP contribution is 2.25. The zero-order valence-electron chi connectivity index (χ0n) is 23.7. The molecule has 0 radical (unpaired) electrons. The fourth-order valence-electron chi connectivity index (χ4n) is 4.55. The molecule has 3 N–H and O–H groups in total. The van der Waals surface area contributed by atoms with Crippen molar-refractivity contribution in [3.63, 3.8) is 0 Å². The highest BCUT2D eigenvalue weighted by atomic mass is 16.7. The van der Waals surface area contributed by atoms with Gasteiger partial charge in [-0.15, -0.1) is 0 Å². The number of rotatable bonds is 13. The van der Waals surface area contributed by atoms with E-state index in [9.17, 15) is 14.7 Å². The summed E-state index contributed by atoms with van der Waals surface area (Å²) in [5.74, 6) is -0.423. The van der Waals surface area contributed by atoms with E-state index in [2.05, 4.69) is 16.7 Å². The molecule has 5 rings (SSSR count). The Morgan fingerprint density at radius 1 is 0.721 bits per heavy atom. The summed E-state index contributed by atoms with van der Waals surface area (Å²) in [5, 5.41) is 17.4. The Hall–Kier alpha value is -5.18. The lowest BCUT2D eigenvalue weighted by Gasteiger charge is -2.11. The molecule has 0 unspecified atom stereocenters. The third-order valence-corrected chi connectivity index (χ3v) is 6.81. The Labute approximate surface area is 249 Å². The molecule has 0 aliphatic heterocycles. The first-order chi connectivity index (χ1) is 21.0. The van der Waals surface area contributed by atoms with E-state index in [1.54, 1.807) is 31.4 Å². The summed E-state index contributed by atoms with van der Waals surface area (Å²) in [6.07, 6.45) is 0. The van der Waals surface area contributed by atoms with E-state index in [0.29, 0.717) is 36.8 Å². The molecule has 218 valence electrons. The summed E-state index contributed by atoms with van der Waals surface area (Å²) >= 11 is 0. The number of anilines is 2. The first-order valence-electron chi connectivity index (χ1n) is 13.8. The average molecular weight is 577 g/mol. The van der Waals surface area contributed by atoms with Gasteiger partial charge in [-0.05, 0) is 88.1 Å². The highest BCUT2D eigenvalue weighted by Gasteiger charge is 2.09. The van der Waals surface area contributed by atoms with Gasteiger partial charge in [0.25, 0.3) is 5.91 Å². The minimum absolute atomic E-state index is 0.143. The average Bonchev–Trinajstić information content (AvgIpc) is 3.04. The summed E-state index contributed by atoms with van der Waals surface area (Å²) in [4.78, 5) is 24.2. The standard InChI is InChI=1S/C35H32N2O6/c1-41-16-17-42-23-43-33-15-12-27-19-29(9-8-28(27)21-33)34(38)36-22-24-4-2-5-26(18-24)25-10-13-31(14-11-25)37-32-7-3-6-30(20-32)35(39)40/h2-15,18-21,37H,16-17,22-23H2,1H3,(H,36,38)(H,39,40). The Balaban J connectivity index is 1.17. The molecule has 5 aromatic rings. The van der Waals surface area contributed by atoms with Crippen molar-refractivity contribution in [2.24, 2.45) is 0 Å². The molecule has 8 nitrogen and oxygen atoms in total. The molecular weight excluding hydrogens is 544 g/mol. The molecule has 0 aromatic heterocycles. The molecule has 8 heteroatoms. The highest BCUT2D eigenvalue weighted by molar-refractivity contribution is 5.98. The Kier molecular flexibility index (Phi) is 9.63. The Morgan fingerprint density at radius 3 is 2.33 bits per heavy atom. The van der Waals surface area contributed by atoms with Crippen molar-refractivity contribution in [2.75, 3.05) is 32.4 Å². The van der Waals surface area contributed by atoms with Crippen LogP contribution in [0, 0.1) is 0 Å². The second-order valence-corrected chi connectivity index (χ2v) is 9.86. The zero-order chi connectivity index (χ0) is 30.0. The van der Waals surface area contributed by atoms with Gasteiger partial charge in [0, 0.05) is 30.6 Å². The predicted molar refractivity (Wildman–Crippen MR) is 167 cm³/mol. The van der Waals surface area contributed by atoms with Crippen molar-refractivity contribution in [1.29, 1.82) is 0 Å². The number of ether oxygens (including phenoxy) is 3. The summed E-state index contributed by atoms with van der Waals surface area (Å²) in [6.45, 7) is 1.51. The monoisotopic (exact) mass is 576 g/mol. The quantitative estimate of drug-likeness (QED) is 0.104. The van der Waals surface area contributed by atoms with Gasteiger partial charge in [0.05, 0.1) is 18.8 Å². The molecule has 0 spiro atoms. The van der Waals surface area contributed by atoms with Gasteiger partial charge in [0.2, 0.25) is 0 Å². The van der Waals surface area contributed by atoms with Crippen LogP contribution >= 0.6 is 0 Å². The number of benzene rings is 5. The van der Waals surface area contributed by atoms with Crippen LogP contribution in [0.5, 0.6) is 5.75 Å². The zero-order valence-corrected chi connectivity index (χ0v) is 23.7. The summed E-state index contributed by atoms with van der Waals surface area (Å²) in [6, 6.07) is 33.9. The van der Waals surface area contributed by atoms with Crippen LogP contribution in [0.15, 0.2) is 109 Å². The fourth-order valence-corrected chi connectivity index (χ4v) is 4.55. The van der Waals surface area contributed by atoms with Crippen LogP contribution in [-0.4, -0.2) is 44.1 Å². The second kappa shape index (κ2) is 14.1. The lowest BCUT2D eigenvalue weighted by Crippen LogP contribution is -2.22. The molecule has 43 heavy (non-hydrogen) atoms. The van der Waals surface area contributed by atoms with Gasteiger partial charge in [-0.3, -0.25) is 4.79 Å². The maximum Gasteiger partial charge on any atom is 0.335 e. The molecule has 0 saturated heterocycles. The minimum atomic E-state index is -0.965. The van der Waals surface area contributed by atoms with Crippen LogP contribution < -0.4 is 15.4 Å². The number of carbonyl (C=O) groups is 2. The molecule has 0 aliphatic carbocycles. The van der Waals surface area contributed by atoms with E-state index >= 15 is 0 Å². The van der Waals surface area contributed by atoms with Crippen LogP contribution in [0.25, 0.3) is 21.9 Å². The van der Waals surface area contributed by atoms with Crippen molar-refractivity contribution in [3.8, 4) is 16.9 Å². The number of carboxylic acid groups (broad SMARTS) is 1.